The van der Waals surface area contributed by atoms with Gasteiger partial charge in [-0.15, -0.1) is 0 Å². The van der Waals surface area contributed by atoms with Gasteiger partial charge < -0.3 is 20.5 Å². The van der Waals surface area contributed by atoms with E-state index in [1.54, 1.807) is 0 Å². The third-order valence-corrected chi connectivity index (χ3v) is 2.07. The number of pyridine rings is 1. The Balaban J connectivity index is 2.85. The maximum atomic E-state index is 11.6. The first kappa shape index (κ1) is 12.9. The van der Waals surface area contributed by atoms with Crippen LogP contribution in [-0.4, -0.2) is 39.2 Å². The number of hydrogen-bond acceptors (Lipinski definition) is 4. The van der Waals surface area contributed by atoms with Gasteiger partial charge in [-0.1, -0.05) is 0 Å². The summed E-state index contributed by atoms with van der Waals surface area (Å²) < 4.78 is 0. The molecular formula is C10H12N2O5. The Hall–Kier alpha value is -2.15. The second-order valence-electron chi connectivity index (χ2n) is 3.47. The van der Waals surface area contributed by atoms with Crippen LogP contribution >= 0.6 is 0 Å². The van der Waals surface area contributed by atoms with Crippen LogP contribution in [-0.2, 0) is 4.79 Å². The highest BCUT2D eigenvalue weighted by Gasteiger charge is 2.25. The van der Waals surface area contributed by atoms with Crippen molar-refractivity contribution in [2.24, 2.45) is 0 Å². The average molecular weight is 240 g/mol. The van der Waals surface area contributed by atoms with E-state index in [-0.39, 0.29) is 5.56 Å². The molecule has 0 fully saturated rings. The molecule has 4 N–H and O–H groups in total. The number of aliphatic hydroxyl groups excluding tert-OH is 1. The fourth-order valence-electron chi connectivity index (χ4n) is 1.20. The molecule has 1 aromatic heterocycles. The van der Waals surface area contributed by atoms with Crippen molar-refractivity contribution in [1.29, 1.82) is 0 Å². The smallest absolute Gasteiger partial charge is 0.328 e. The highest BCUT2D eigenvalue weighted by Crippen LogP contribution is 1.98. The summed E-state index contributed by atoms with van der Waals surface area (Å²) in [7, 11) is 0. The van der Waals surface area contributed by atoms with E-state index < -0.39 is 29.6 Å². The number of aliphatic hydroxyl groups is 1. The van der Waals surface area contributed by atoms with E-state index in [9.17, 15) is 14.4 Å². The van der Waals surface area contributed by atoms with Crippen LogP contribution in [0.15, 0.2) is 23.1 Å². The Morgan fingerprint density at radius 1 is 1.47 bits per heavy atom. The molecule has 0 aliphatic rings. The minimum atomic E-state index is -1.42. The molecule has 1 heterocycles. The molecule has 0 radical (unpaired) electrons. The highest BCUT2D eigenvalue weighted by molar-refractivity contribution is 5.96. The number of carboxylic acids is 1. The van der Waals surface area contributed by atoms with Crippen LogP contribution in [0.3, 0.4) is 0 Å². The van der Waals surface area contributed by atoms with Crippen molar-refractivity contribution in [3.05, 3.63) is 34.2 Å². The lowest BCUT2D eigenvalue weighted by Gasteiger charge is -2.16. The number of carboxylic acid groups (broad SMARTS) is 1. The van der Waals surface area contributed by atoms with Crippen molar-refractivity contribution in [2.75, 3.05) is 0 Å². The van der Waals surface area contributed by atoms with Crippen molar-refractivity contribution >= 4 is 11.9 Å². The fourth-order valence-corrected chi connectivity index (χ4v) is 1.20. The van der Waals surface area contributed by atoms with Crippen molar-refractivity contribution in [1.82, 2.24) is 10.3 Å². The summed E-state index contributed by atoms with van der Waals surface area (Å²) in [5.41, 5.74) is -0.442. The van der Waals surface area contributed by atoms with E-state index >= 15 is 0 Å². The van der Waals surface area contributed by atoms with E-state index in [0.29, 0.717) is 0 Å². The summed E-state index contributed by atoms with van der Waals surface area (Å²) in [4.78, 5) is 35.6. The lowest BCUT2D eigenvalue weighted by atomic mass is 10.1. The first-order valence-corrected chi connectivity index (χ1v) is 4.82. The molecule has 7 heteroatoms. The Bertz CT molecular complexity index is 480. The molecule has 2 atom stereocenters. The van der Waals surface area contributed by atoms with E-state index in [2.05, 4.69) is 10.3 Å². The normalized spacial score (nSPS) is 13.8. The second kappa shape index (κ2) is 5.26. The summed E-state index contributed by atoms with van der Waals surface area (Å²) in [6.45, 7) is 1.25. The van der Waals surface area contributed by atoms with Gasteiger partial charge in [0.05, 0.1) is 6.10 Å². The van der Waals surface area contributed by atoms with E-state index in [1.807, 2.05) is 0 Å². The van der Waals surface area contributed by atoms with Gasteiger partial charge >= 0.3 is 5.97 Å². The number of aromatic amines is 1. The van der Waals surface area contributed by atoms with E-state index in [4.69, 9.17) is 10.2 Å². The lowest BCUT2D eigenvalue weighted by molar-refractivity contribution is -0.141. The quantitative estimate of drug-likeness (QED) is 0.534. The first-order chi connectivity index (χ1) is 7.91. The Morgan fingerprint density at radius 2 is 2.12 bits per heavy atom. The van der Waals surface area contributed by atoms with Crippen LogP contribution in [0.25, 0.3) is 0 Å². The van der Waals surface area contributed by atoms with Gasteiger partial charge in [-0.05, 0) is 13.0 Å². The number of H-pyrrole nitrogens is 1. The van der Waals surface area contributed by atoms with Gasteiger partial charge in [0.1, 0.15) is 0 Å². The van der Waals surface area contributed by atoms with Crippen LogP contribution in [0.2, 0.25) is 0 Å². The fraction of sp³-hybridized carbons (Fsp3) is 0.300. The number of carbonyl (C=O) groups is 2. The van der Waals surface area contributed by atoms with E-state index in [0.717, 1.165) is 6.07 Å². The molecule has 0 aliphatic heterocycles. The molecule has 1 aromatic rings. The highest BCUT2D eigenvalue weighted by atomic mass is 16.4. The third-order valence-electron chi connectivity index (χ3n) is 2.07. The van der Waals surface area contributed by atoms with Crippen LogP contribution in [0.5, 0.6) is 0 Å². The minimum Gasteiger partial charge on any atom is -0.480 e. The van der Waals surface area contributed by atoms with Gasteiger partial charge in [-0.25, -0.2) is 4.79 Å². The third kappa shape index (κ3) is 3.42. The number of nitrogens with one attached hydrogen (secondary N) is 2. The molecule has 2 unspecified atom stereocenters. The largest absolute Gasteiger partial charge is 0.480 e. The maximum Gasteiger partial charge on any atom is 0.328 e. The molecule has 0 aliphatic carbocycles. The monoisotopic (exact) mass is 240 g/mol. The number of hydrogen-bond donors (Lipinski definition) is 4. The lowest BCUT2D eigenvalue weighted by Crippen LogP contribution is -2.47. The molecule has 17 heavy (non-hydrogen) atoms. The zero-order chi connectivity index (χ0) is 13.0. The molecule has 92 valence electrons. The van der Waals surface area contributed by atoms with Gasteiger partial charge in [0, 0.05) is 17.8 Å². The molecule has 0 saturated heterocycles. The van der Waals surface area contributed by atoms with Crippen molar-refractivity contribution in [3.8, 4) is 0 Å². The summed E-state index contributed by atoms with van der Waals surface area (Å²) in [6, 6.07) is 0.954. The summed E-state index contributed by atoms with van der Waals surface area (Å²) in [6.07, 6.45) is 0.0357. The summed E-state index contributed by atoms with van der Waals surface area (Å²) in [5.74, 6) is -2.08. The Kier molecular flexibility index (Phi) is 4.00. The van der Waals surface area contributed by atoms with Gasteiger partial charge in [0.15, 0.2) is 6.04 Å². The maximum absolute atomic E-state index is 11.6. The van der Waals surface area contributed by atoms with Gasteiger partial charge in [0.2, 0.25) is 5.56 Å². The van der Waals surface area contributed by atoms with Crippen LogP contribution in [0, 0.1) is 0 Å². The van der Waals surface area contributed by atoms with Gasteiger partial charge in [-0.3, -0.25) is 9.59 Å². The molecule has 0 saturated carbocycles. The van der Waals surface area contributed by atoms with Crippen LogP contribution in [0.1, 0.15) is 17.3 Å². The van der Waals surface area contributed by atoms with Gasteiger partial charge in [-0.2, -0.15) is 0 Å². The van der Waals surface area contributed by atoms with Crippen molar-refractivity contribution < 1.29 is 19.8 Å². The molecule has 0 spiro atoms. The van der Waals surface area contributed by atoms with Crippen molar-refractivity contribution in [2.45, 2.75) is 19.1 Å². The predicted octanol–water partition coefficient (Wildman–Crippen LogP) is -1.06. The molecular weight excluding hydrogens is 228 g/mol. The van der Waals surface area contributed by atoms with E-state index in [1.165, 1.54) is 19.2 Å². The number of amides is 1. The molecule has 1 amide bonds. The molecule has 7 nitrogen and oxygen atoms in total. The summed E-state index contributed by atoms with van der Waals surface area (Å²) in [5, 5.41) is 20.0. The molecule has 1 rings (SSSR count). The Labute approximate surface area is 96.1 Å². The Morgan fingerprint density at radius 3 is 2.59 bits per heavy atom. The zero-order valence-corrected chi connectivity index (χ0v) is 9.01. The number of aliphatic carboxylic acids is 1. The summed E-state index contributed by atoms with van der Waals surface area (Å²) >= 11 is 0. The van der Waals surface area contributed by atoms with Crippen molar-refractivity contribution in [3.63, 3.8) is 0 Å². The number of aromatic nitrogens is 1. The topological polar surface area (TPSA) is 119 Å². The molecule has 0 aromatic carbocycles. The van der Waals surface area contributed by atoms with Crippen LogP contribution in [0.4, 0.5) is 0 Å². The zero-order valence-electron chi connectivity index (χ0n) is 9.01. The minimum absolute atomic E-state index is 0.0284. The average Bonchev–Trinajstić information content (AvgIpc) is 2.24. The first-order valence-electron chi connectivity index (χ1n) is 4.82. The number of rotatable bonds is 4. The SMILES string of the molecule is CC(O)C(NC(=O)c1cc[nH]c(=O)c1)C(=O)O. The number of carbonyl (C=O) groups excluding carboxylic acids is 1. The van der Waals surface area contributed by atoms with Gasteiger partial charge in [0.25, 0.3) is 5.91 Å². The predicted molar refractivity (Wildman–Crippen MR) is 57.6 cm³/mol. The second-order valence-corrected chi connectivity index (χ2v) is 3.47. The standard InChI is InChI=1S/C10H12N2O5/c1-5(13)8(10(16)17)12-9(15)6-2-3-11-7(14)4-6/h2-5,8,13H,1H3,(H,11,14)(H,12,15)(H,16,17). The van der Waals surface area contributed by atoms with Crippen LogP contribution < -0.4 is 10.9 Å². The molecule has 0 bridgehead atoms.